The highest BCUT2D eigenvalue weighted by Gasteiger charge is 2.12. The van der Waals surface area contributed by atoms with Gasteiger partial charge in [-0.15, -0.1) is 16.4 Å². The summed E-state index contributed by atoms with van der Waals surface area (Å²) in [6.07, 6.45) is 0. The molecule has 0 fully saturated rings. The van der Waals surface area contributed by atoms with Crippen LogP contribution in [0.3, 0.4) is 0 Å². The summed E-state index contributed by atoms with van der Waals surface area (Å²) in [6, 6.07) is 10.1. The summed E-state index contributed by atoms with van der Waals surface area (Å²) < 4.78 is 13.5. The van der Waals surface area contributed by atoms with Gasteiger partial charge in [0, 0.05) is 0 Å². The molecule has 0 spiro atoms. The highest BCUT2D eigenvalue weighted by Crippen LogP contribution is 2.30. The van der Waals surface area contributed by atoms with Crippen molar-refractivity contribution in [2.75, 3.05) is 14.2 Å². The molecule has 0 aliphatic carbocycles. The number of hydrogen-bond acceptors (Lipinski definition) is 4. The van der Waals surface area contributed by atoms with Gasteiger partial charge in [0.05, 0.1) is 26.3 Å². The SMILES string of the molecule is COc1ccc(Cn2nc(OC)c3sccc32)cc1. The van der Waals surface area contributed by atoms with Crippen LogP contribution in [0.25, 0.3) is 10.2 Å². The summed E-state index contributed by atoms with van der Waals surface area (Å²) in [7, 11) is 3.32. The zero-order chi connectivity index (χ0) is 13.2. The number of hydrogen-bond donors (Lipinski definition) is 0. The molecule has 3 rings (SSSR count). The molecule has 0 saturated carbocycles. The fourth-order valence-electron chi connectivity index (χ4n) is 2.03. The lowest BCUT2D eigenvalue weighted by Gasteiger charge is -2.04. The second kappa shape index (κ2) is 4.93. The molecule has 1 aromatic carbocycles. The molecule has 2 aromatic heterocycles. The van der Waals surface area contributed by atoms with Crippen molar-refractivity contribution in [2.24, 2.45) is 0 Å². The molecule has 0 radical (unpaired) electrons. The average molecular weight is 274 g/mol. The summed E-state index contributed by atoms with van der Waals surface area (Å²) in [5.41, 5.74) is 2.29. The van der Waals surface area contributed by atoms with Crippen molar-refractivity contribution in [1.29, 1.82) is 0 Å². The summed E-state index contributed by atoms with van der Waals surface area (Å²) in [5.74, 6) is 1.56. The van der Waals surface area contributed by atoms with E-state index >= 15 is 0 Å². The predicted octanol–water partition coefficient (Wildman–Crippen LogP) is 3.16. The number of thiophene rings is 1. The van der Waals surface area contributed by atoms with Crippen LogP contribution in [0.4, 0.5) is 0 Å². The number of benzene rings is 1. The Hall–Kier alpha value is -2.01. The first kappa shape index (κ1) is 12.0. The first-order valence-electron chi connectivity index (χ1n) is 5.92. The molecule has 0 aliphatic heterocycles. The largest absolute Gasteiger partial charge is 0.497 e. The summed E-state index contributed by atoms with van der Waals surface area (Å²) in [4.78, 5) is 0. The Balaban J connectivity index is 1.93. The fraction of sp³-hybridized carbons (Fsp3) is 0.214. The Morgan fingerprint density at radius 2 is 1.89 bits per heavy atom. The Bertz CT molecular complexity index is 685. The van der Waals surface area contributed by atoms with Gasteiger partial charge in [0.15, 0.2) is 0 Å². The van der Waals surface area contributed by atoms with E-state index in [0.29, 0.717) is 5.88 Å². The van der Waals surface area contributed by atoms with Gasteiger partial charge in [0.2, 0.25) is 0 Å². The van der Waals surface area contributed by atoms with Gasteiger partial charge in [-0.1, -0.05) is 12.1 Å². The molecule has 0 aliphatic rings. The molecule has 0 N–H and O–H groups in total. The van der Waals surface area contributed by atoms with Crippen LogP contribution in [0.2, 0.25) is 0 Å². The van der Waals surface area contributed by atoms with Gasteiger partial charge in [0.25, 0.3) is 5.88 Å². The van der Waals surface area contributed by atoms with Crippen LogP contribution in [0.5, 0.6) is 11.6 Å². The van der Waals surface area contributed by atoms with Crippen molar-refractivity contribution >= 4 is 21.6 Å². The number of rotatable bonds is 4. The van der Waals surface area contributed by atoms with Crippen molar-refractivity contribution in [2.45, 2.75) is 6.54 Å². The van der Waals surface area contributed by atoms with Crippen LogP contribution in [0.15, 0.2) is 35.7 Å². The summed E-state index contributed by atoms with van der Waals surface area (Å²) >= 11 is 1.65. The molecule has 0 amide bonds. The van der Waals surface area contributed by atoms with Crippen LogP contribution in [-0.4, -0.2) is 24.0 Å². The van der Waals surface area contributed by atoms with Gasteiger partial charge in [0.1, 0.15) is 10.4 Å². The maximum absolute atomic E-state index is 5.30. The average Bonchev–Trinajstić information content (AvgIpc) is 3.03. The zero-order valence-corrected chi connectivity index (χ0v) is 11.6. The van der Waals surface area contributed by atoms with Gasteiger partial charge in [-0.2, -0.15) is 0 Å². The highest BCUT2D eigenvalue weighted by atomic mass is 32.1. The Kier molecular flexibility index (Phi) is 3.13. The molecule has 19 heavy (non-hydrogen) atoms. The van der Waals surface area contributed by atoms with E-state index in [1.165, 1.54) is 5.56 Å². The van der Waals surface area contributed by atoms with Crippen molar-refractivity contribution in [3.8, 4) is 11.6 Å². The van der Waals surface area contributed by atoms with Gasteiger partial charge in [-0.3, -0.25) is 4.68 Å². The lowest BCUT2D eigenvalue weighted by Crippen LogP contribution is -2.01. The van der Waals surface area contributed by atoms with E-state index in [0.717, 1.165) is 22.5 Å². The standard InChI is InChI=1S/C14H14N2O2S/c1-17-11-5-3-10(4-6-11)9-16-12-7-8-19-13(12)14(15-16)18-2/h3-8H,9H2,1-2H3. The van der Waals surface area contributed by atoms with Crippen LogP contribution >= 0.6 is 11.3 Å². The minimum absolute atomic E-state index is 0.693. The second-order valence-corrected chi connectivity index (χ2v) is 5.07. The maximum Gasteiger partial charge on any atom is 0.250 e. The third-order valence-corrected chi connectivity index (χ3v) is 3.90. The molecule has 3 aromatic rings. The lowest BCUT2D eigenvalue weighted by molar-refractivity contribution is 0.394. The van der Waals surface area contributed by atoms with E-state index in [1.807, 2.05) is 28.9 Å². The van der Waals surface area contributed by atoms with E-state index in [2.05, 4.69) is 16.5 Å². The van der Waals surface area contributed by atoms with Gasteiger partial charge in [-0.05, 0) is 29.1 Å². The Morgan fingerprint density at radius 1 is 1.11 bits per heavy atom. The summed E-state index contributed by atoms with van der Waals surface area (Å²) in [5, 5.41) is 6.53. The monoisotopic (exact) mass is 274 g/mol. The van der Waals surface area contributed by atoms with Crippen LogP contribution < -0.4 is 9.47 Å². The lowest BCUT2D eigenvalue weighted by atomic mass is 10.2. The minimum Gasteiger partial charge on any atom is -0.497 e. The second-order valence-electron chi connectivity index (χ2n) is 4.15. The molecular formula is C14H14N2O2S. The molecule has 0 bridgehead atoms. The first-order chi connectivity index (χ1) is 9.31. The molecule has 0 saturated heterocycles. The smallest absolute Gasteiger partial charge is 0.250 e. The minimum atomic E-state index is 0.693. The number of methoxy groups -OCH3 is 2. The van der Waals surface area contributed by atoms with Gasteiger partial charge >= 0.3 is 0 Å². The Morgan fingerprint density at radius 3 is 2.58 bits per heavy atom. The number of ether oxygens (including phenoxy) is 2. The molecule has 2 heterocycles. The normalized spacial score (nSPS) is 10.8. The van der Waals surface area contributed by atoms with Crippen LogP contribution in [0.1, 0.15) is 5.56 Å². The van der Waals surface area contributed by atoms with E-state index in [1.54, 1.807) is 25.6 Å². The zero-order valence-electron chi connectivity index (χ0n) is 10.8. The fourth-order valence-corrected chi connectivity index (χ4v) is 2.88. The van der Waals surface area contributed by atoms with Crippen molar-refractivity contribution < 1.29 is 9.47 Å². The predicted molar refractivity (Wildman–Crippen MR) is 76.3 cm³/mol. The third kappa shape index (κ3) is 2.17. The topological polar surface area (TPSA) is 36.3 Å². The van der Waals surface area contributed by atoms with Crippen molar-refractivity contribution in [3.05, 3.63) is 41.3 Å². The van der Waals surface area contributed by atoms with Crippen molar-refractivity contribution in [1.82, 2.24) is 9.78 Å². The molecule has 0 atom stereocenters. The first-order valence-corrected chi connectivity index (χ1v) is 6.80. The van der Waals surface area contributed by atoms with Crippen LogP contribution in [0, 0.1) is 0 Å². The van der Waals surface area contributed by atoms with E-state index in [-0.39, 0.29) is 0 Å². The number of aromatic nitrogens is 2. The maximum atomic E-state index is 5.30. The van der Waals surface area contributed by atoms with E-state index < -0.39 is 0 Å². The van der Waals surface area contributed by atoms with Gasteiger partial charge < -0.3 is 9.47 Å². The quantitative estimate of drug-likeness (QED) is 0.733. The number of fused-ring (bicyclic) bond motifs is 1. The molecule has 4 nitrogen and oxygen atoms in total. The summed E-state index contributed by atoms with van der Waals surface area (Å²) in [6.45, 7) is 0.723. The number of nitrogens with zero attached hydrogens (tertiary/aromatic N) is 2. The van der Waals surface area contributed by atoms with E-state index in [9.17, 15) is 0 Å². The molecule has 98 valence electrons. The third-order valence-electron chi connectivity index (χ3n) is 3.01. The molecule has 5 heteroatoms. The Labute approximate surface area is 115 Å². The van der Waals surface area contributed by atoms with Crippen molar-refractivity contribution in [3.63, 3.8) is 0 Å². The molecule has 0 unspecified atom stereocenters. The van der Waals surface area contributed by atoms with Crippen LogP contribution in [-0.2, 0) is 6.54 Å². The highest BCUT2D eigenvalue weighted by molar-refractivity contribution is 7.17. The van der Waals surface area contributed by atoms with Gasteiger partial charge in [-0.25, -0.2) is 0 Å². The van der Waals surface area contributed by atoms with E-state index in [4.69, 9.17) is 9.47 Å². The molecular weight excluding hydrogens is 260 g/mol.